The first-order valence-corrected chi connectivity index (χ1v) is 6.79. The van der Waals surface area contributed by atoms with Crippen molar-refractivity contribution in [3.05, 3.63) is 42.3 Å². The number of anilines is 1. The van der Waals surface area contributed by atoms with Gasteiger partial charge in [0.1, 0.15) is 11.4 Å². The van der Waals surface area contributed by atoms with Crippen molar-refractivity contribution in [2.24, 2.45) is 0 Å². The van der Waals surface area contributed by atoms with E-state index < -0.39 is 5.54 Å². The highest BCUT2D eigenvalue weighted by Gasteiger charge is 2.27. The van der Waals surface area contributed by atoms with Crippen molar-refractivity contribution in [2.75, 3.05) is 12.4 Å². The topological polar surface area (TPSA) is 74.2 Å². The summed E-state index contributed by atoms with van der Waals surface area (Å²) < 4.78 is 13.2. The van der Waals surface area contributed by atoms with Gasteiger partial charge in [0.05, 0.1) is 0 Å². The second-order valence-electron chi connectivity index (χ2n) is 5.43. The third kappa shape index (κ3) is 3.33. The van der Waals surface area contributed by atoms with Gasteiger partial charge in [-0.3, -0.25) is 4.79 Å². The Bertz CT molecular complexity index is 702. The van der Waals surface area contributed by atoms with Gasteiger partial charge in [-0.05, 0) is 37.6 Å². The van der Waals surface area contributed by atoms with Gasteiger partial charge in [-0.15, -0.1) is 0 Å². The molecule has 0 aliphatic rings. The van der Waals surface area contributed by atoms with Crippen LogP contribution in [0.25, 0.3) is 11.1 Å². The molecular formula is C16H18FN3O2. The molecule has 3 N–H and O–H groups in total. The monoisotopic (exact) mass is 303 g/mol. The van der Waals surface area contributed by atoms with Crippen molar-refractivity contribution < 1.29 is 14.3 Å². The first-order valence-electron chi connectivity index (χ1n) is 6.79. The highest BCUT2D eigenvalue weighted by atomic mass is 19.1. The maximum atomic E-state index is 13.2. The van der Waals surface area contributed by atoms with Crippen LogP contribution in [-0.2, 0) is 4.79 Å². The molecule has 0 radical (unpaired) electrons. The molecule has 1 heterocycles. The van der Waals surface area contributed by atoms with E-state index in [9.17, 15) is 14.3 Å². The molecule has 0 fully saturated rings. The predicted molar refractivity (Wildman–Crippen MR) is 83.1 cm³/mol. The molecule has 116 valence electrons. The van der Waals surface area contributed by atoms with Crippen LogP contribution in [0.5, 0.6) is 5.75 Å². The number of amides is 1. The standard InChI is InChI=1S/C16H18FN3O2/c1-16(2,15(22)18-3)20-14-13(21)8-11(9-19-14)10-5-4-6-12(17)7-10/h4-9,21H,1-3H3,(H,18,22)(H,19,20). The minimum atomic E-state index is -0.931. The maximum absolute atomic E-state index is 13.2. The van der Waals surface area contributed by atoms with Crippen LogP contribution in [0.1, 0.15) is 13.8 Å². The SMILES string of the molecule is CNC(=O)C(C)(C)Nc1ncc(-c2cccc(F)c2)cc1O. The Morgan fingerprint density at radius 2 is 2.00 bits per heavy atom. The summed E-state index contributed by atoms with van der Waals surface area (Å²) in [5.41, 5.74) is 0.264. The molecule has 22 heavy (non-hydrogen) atoms. The fourth-order valence-electron chi connectivity index (χ4n) is 2.04. The number of carbonyl (C=O) groups is 1. The van der Waals surface area contributed by atoms with Gasteiger partial charge in [0.15, 0.2) is 11.6 Å². The summed E-state index contributed by atoms with van der Waals surface area (Å²) in [7, 11) is 1.53. The molecule has 0 aliphatic carbocycles. The Morgan fingerprint density at radius 3 is 2.59 bits per heavy atom. The van der Waals surface area contributed by atoms with Gasteiger partial charge in [-0.25, -0.2) is 9.37 Å². The number of likely N-dealkylation sites (N-methyl/N-ethyl adjacent to an activating group) is 1. The van der Waals surface area contributed by atoms with Gasteiger partial charge in [0.25, 0.3) is 0 Å². The third-order valence-corrected chi connectivity index (χ3v) is 3.25. The number of aromatic hydroxyl groups is 1. The van der Waals surface area contributed by atoms with E-state index in [0.717, 1.165) is 0 Å². The quantitative estimate of drug-likeness (QED) is 0.811. The lowest BCUT2D eigenvalue weighted by molar-refractivity contribution is -0.124. The van der Waals surface area contributed by atoms with E-state index in [1.165, 1.54) is 31.4 Å². The smallest absolute Gasteiger partial charge is 0.244 e. The second-order valence-corrected chi connectivity index (χ2v) is 5.43. The van der Waals surface area contributed by atoms with Gasteiger partial charge >= 0.3 is 0 Å². The van der Waals surface area contributed by atoms with E-state index in [4.69, 9.17) is 0 Å². The van der Waals surface area contributed by atoms with E-state index in [1.807, 2.05) is 0 Å². The second kappa shape index (κ2) is 6.01. The molecule has 2 rings (SSSR count). The average Bonchev–Trinajstić information content (AvgIpc) is 2.48. The van der Waals surface area contributed by atoms with Crippen molar-refractivity contribution in [3.63, 3.8) is 0 Å². The van der Waals surface area contributed by atoms with E-state index in [2.05, 4.69) is 15.6 Å². The van der Waals surface area contributed by atoms with E-state index >= 15 is 0 Å². The van der Waals surface area contributed by atoms with Crippen molar-refractivity contribution in [1.29, 1.82) is 0 Å². The Kier molecular flexibility index (Phi) is 4.30. The lowest BCUT2D eigenvalue weighted by atomic mass is 10.0. The average molecular weight is 303 g/mol. The summed E-state index contributed by atoms with van der Waals surface area (Å²) in [5, 5.41) is 15.5. The molecule has 0 saturated carbocycles. The highest BCUT2D eigenvalue weighted by Crippen LogP contribution is 2.29. The fraction of sp³-hybridized carbons (Fsp3) is 0.250. The molecule has 0 aliphatic heterocycles. The van der Waals surface area contributed by atoms with Crippen molar-refractivity contribution in [1.82, 2.24) is 10.3 Å². The number of nitrogens with one attached hydrogen (secondary N) is 2. The Labute approximate surface area is 128 Å². The van der Waals surface area contributed by atoms with Crippen LogP contribution in [0.15, 0.2) is 36.5 Å². The van der Waals surface area contributed by atoms with Crippen LogP contribution < -0.4 is 10.6 Å². The summed E-state index contributed by atoms with van der Waals surface area (Å²) in [6, 6.07) is 7.49. The molecular weight excluding hydrogens is 285 g/mol. The van der Waals surface area contributed by atoms with E-state index in [0.29, 0.717) is 11.1 Å². The number of carbonyl (C=O) groups excluding carboxylic acids is 1. The Hall–Kier alpha value is -2.63. The fourth-order valence-corrected chi connectivity index (χ4v) is 2.04. The summed E-state index contributed by atoms with van der Waals surface area (Å²) in [5.74, 6) is -0.518. The zero-order valence-corrected chi connectivity index (χ0v) is 12.6. The molecule has 1 aromatic carbocycles. The van der Waals surface area contributed by atoms with Gasteiger partial charge in [-0.2, -0.15) is 0 Å². The number of hydrogen-bond acceptors (Lipinski definition) is 4. The van der Waals surface area contributed by atoms with Crippen LogP contribution in [-0.4, -0.2) is 28.6 Å². The molecule has 0 unspecified atom stereocenters. The third-order valence-electron chi connectivity index (χ3n) is 3.25. The molecule has 5 nitrogen and oxygen atoms in total. The first-order chi connectivity index (χ1) is 10.3. The van der Waals surface area contributed by atoms with Crippen molar-refractivity contribution >= 4 is 11.7 Å². The minimum absolute atomic E-state index is 0.112. The van der Waals surface area contributed by atoms with Crippen molar-refractivity contribution in [2.45, 2.75) is 19.4 Å². The van der Waals surface area contributed by atoms with Crippen LogP contribution in [0.4, 0.5) is 10.2 Å². The van der Waals surface area contributed by atoms with Crippen LogP contribution in [0, 0.1) is 5.82 Å². The molecule has 6 heteroatoms. The molecule has 0 saturated heterocycles. The maximum Gasteiger partial charge on any atom is 0.244 e. The Balaban J connectivity index is 2.29. The van der Waals surface area contributed by atoms with Gasteiger partial charge < -0.3 is 15.7 Å². The molecule has 0 bridgehead atoms. The summed E-state index contributed by atoms with van der Waals surface area (Å²) in [6.07, 6.45) is 1.51. The highest BCUT2D eigenvalue weighted by molar-refractivity contribution is 5.88. The molecule has 0 atom stereocenters. The predicted octanol–water partition coefficient (Wildman–Crippen LogP) is 2.53. The van der Waals surface area contributed by atoms with Crippen molar-refractivity contribution in [3.8, 4) is 16.9 Å². The lowest BCUT2D eigenvalue weighted by Gasteiger charge is -2.25. The zero-order valence-electron chi connectivity index (χ0n) is 12.6. The number of halogens is 1. The van der Waals surface area contributed by atoms with Crippen LogP contribution in [0.3, 0.4) is 0 Å². The number of hydrogen-bond donors (Lipinski definition) is 3. The van der Waals surface area contributed by atoms with Crippen LogP contribution >= 0.6 is 0 Å². The minimum Gasteiger partial charge on any atom is -0.504 e. The van der Waals surface area contributed by atoms with Gasteiger partial charge in [-0.1, -0.05) is 12.1 Å². The summed E-state index contributed by atoms with van der Waals surface area (Å²) >= 11 is 0. The number of rotatable bonds is 4. The zero-order chi connectivity index (χ0) is 16.3. The largest absolute Gasteiger partial charge is 0.504 e. The molecule has 0 spiro atoms. The van der Waals surface area contributed by atoms with Gasteiger partial charge in [0.2, 0.25) is 5.91 Å². The Morgan fingerprint density at radius 1 is 1.27 bits per heavy atom. The van der Waals surface area contributed by atoms with Crippen LogP contribution in [0.2, 0.25) is 0 Å². The first kappa shape index (κ1) is 15.8. The summed E-state index contributed by atoms with van der Waals surface area (Å²) in [6.45, 7) is 3.35. The summed E-state index contributed by atoms with van der Waals surface area (Å²) in [4.78, 5) is 15.9. The number of aromatic nitrogens is 1. The number of pyridine rings is 1. The number of benzene rings is 1. The molecule has 1 aromatic heterocycles. The van der Waals surface area contributed by atoms with Gasteiger partial charge in [0, 0.05) is 18.8 Å². The van der Waals surface area contributed by atoms with E-state index in [1.54, 1.807) is 26.0 Å². The lowest BCUT2D eigenvalue weighted by Crippen LogP contribution is -2.46. The van der Waals surface area contributed by atoms with E-state index in [-0.39, 0.29) is 23.3 Å². The molecule has 2 aromatic rings. The molecule has 1 amide bonds. The normalized spacial score (nSPS) is 11.1. The number of nitrogens with zero attached hydrogens (tertiary/aromatic N) is 1.